The summed E-state index contributed by atoms with van der Waals surface area (Å²) in [7, 11) is 1.55. The van der Waals surface area contributed by atoms with Crippen molar-refractivity contribution in [2.45, 2.75) is 46.1 Å². The molecule has 34 heavy (non-hydrogen) atoms. The lowest BCUT2D eigenvalue weighted by atomic mass is 9.93. The zero-order valence-corrected chi connectivity index (χ0v) is 20.9. The van der Waals surface area contributed by atoms with Gasteiger partial charge in [0.05, 0.1) is 18.7 Å². The molecule has 6 heteroatoms. The predicted molar refractivity (Wildman–Crippen MR) is 135 cm³/mol. The van der Waals surface area contributed by atoms with Crippen LogP contribution < -0.4 is 4.74 Å². The molecule has 1 N–H and O–H groups in total. The van der Waals surface area contributed by atoms with Crippen molar-refractivity contribution in [3.05, 3.63) is 70.8 Å². The van der Waals surface area contributed by atoms with Crippen LogP contribution in [0, 0.1) is 0 Å². The fourth-order valence-electron chi connectivity index (χ4n) is 4.45. The van der Waals surface area contributed by atoms with Gasteiger partial charge in [0.25, 0.3) is 11.7 Å². The molecule has 3 rings (SSSR count). The summed E-state index contributed by atoms with van der Waals surface area (Å²) >= 11 is 0. The highest BCUT2D eigenvalue weighted by Gasteiger charge is 2.45. The molecule has 182 valence electrons. The molecule has 2 aromatic carbocycles. The van der Waals surface area contributed by atoms with Crippen LogP contribution in [-0.2, 0) is 9.59 Å². The molecule has 0 aliphatic carbocycles. The average Bonchev–Trinajstić information content (AvgIpc) is 3.11. The van der Waals surface area contributed by atoms with Gasteiger partial charge in [0, 0.05) is 12.1 Å². The minimum atomic E-state index is -0.652. The summed E-state index contributed by atoms with van der Waals surface area (Å²) in [4.78, 5) is 30.2. The van der Waals surface area contributed by atoms with Crippen LogP contribution in [0.2, 0.25) is 0 Å². The number of Topliss-reactive ketones (excluding diaryl/α,β-unsaturated/α-hetero) is 1. The normalized spacial score (nSPS) is 17.7. The highest BCUT2D eigenvalue weighted by molar-refractivity contribution is 6.46. The number of nitrogens with zero attached hydrogens (tertiary/aromatic N) is 2. The van der Waals surface area contributed by atoms with Crippen molar-refractivity contribution in [2.24, 2.45) is 0 Å². The summed E-state index contributed by atoms with van der Waals surface area (Å²) in [6, 6.07) is 14.2. The van der Waals surface area contributed by atoms with E-state index in [1.54, 1.807) is 36.3 Å². The van der Waals surface area contributed by atoms with Gasteiger partial charge >= 0.3 is 0 Å². The number of hydrogen-bond acceptors (Lipinski definition) is 5. The molecular formula is C28H36N2O4. The molecule has 2 aromatic rings. The summed E-state index contributed by atoms with van der Waals surface area (Å²) in [5.74, 6) is -0.467. The van der Waals surface area contributed by atoms with Crippen LogP contribution in [0.5, 0.6) is 5.75 Å². The van der Waals surface area contributed by atoms with Gasteiger partial charge < -0.3 is 19.6 Å². The van der Waals surface area contributed by atoms with Crippen LogP contribution in [0.4, 0.5) is 0 Å². The van der Waals surface area contributed by atoms with E-state index < -0.39 is 17.7 Å². The smallest absolute Gasteiger partial charge is 0.295 e. The van der Waals surface area contributed by atoms with Crippen LogP contribution in [0.15, 0.2) is 54.1 Å². The number of rotatable bonds is 10. The molecule has 1 heterocycles. The Morgan fingerprint density at radius 3 is 2.35 bits per heavy atom. The minimum absolute atomic E-state index is 0.124. The van der Waals surface area contributed by atoms with Gasteiger partial charge in [0.1, 0.15) is 11.5 Å². The first-order chi connectivity index (χ1) is 16.3. The maximum atomic E-state index is 13.2. The number of ether oxygens (including phenoxy) is 1. The number of amides is 1. The van der Waals surface area contributed by atoms with E-state index in [9.17, 15) is 14.7 Å². The van der Waals surface area contributed by atoms with Crippen molar-refractivity contribution in [3.8, 4) is 5.75 Å². The first kappa shape index (κ1) is 25.5. The molecule has 1 unspecified atom stereocenters. The van der Waals surface area contributed by atoms with Crippen molar-refractivity contribution in [3.63, 3.8) is 0 Å². The summed E-state index contributed by atoms with van der Waals surface area (Å²) in [5.41, 5.74) is 2.56. The molecule has 1 amide bonds. The number of methoxy groups -OCH3 is 1. The monoisotopic (exact) mass is 464 g/mol. The Morgan fingerprint density at radius 1 is 1.09 bits per heavy atom. The van der Waals surface area contributed by atoms with Crippen molar-refractivity contribution < 1.29 is 19.4 Å². The predicted octanol–water partition coefficient (Wildman–Crippen LogP) is 4.97. The minimum Gasteiger partial charge on any atom is -0.507 e. The van der Waals surface area contributed by atoms with Gasteiger partial charge in [0.15, 0.2) is 0 Å². The van der Waals surface area contributed by atoms with Crippen molar-refractivity contribution in [1.82, 2.24) is 9.80 Å². The molecule has 0 saturated carbocycles. The SMILES string of the molecule is CCN(CC)CCCN1C(=O)C(=O)C(=C(O)c2cccc(OC)c2)C1c1ccc(C(C)C)cc1. The quantitative estimate of drug-likeness (QED) is 0.305. The van der Waals surface area contributed by atoms with Gasteiger partial charge in [-0.3, -0.25) is 9.59 Å². The van der Waals surface area contributed by atoms with Crippen LogP contribution in [0.1, 0.15) is 62.8 Å². The summed E-state index contributed by atoms with van der Waals surface area (Å²) in [6.45, 7) is 11.6. The van der Waals surface area contributed by atoms with E-state index in [0.717, 1.165) is 31.6 Å². The molecule has 0 spiro atoms. The van der Waals surface area contributed by atoms with E-state index in [1.807, 2.05) is 24.3 Å². The Hall–Kier alpha value is -3.12. The standard InChI is InChI=1S/C28H36N2O4/c1-6-29(7-2)16-9-17-30-25(21-14-12-20(13-15-21)19(3)4)24(27(32)28(30)33)26(31)22-10-8-11-23(18-22)34-5/h8,10-15,18-19,25,31H,6-7,9,16-17H2,1-5H3. The Labute approximate surface area is 202 Å². The van der Waals surface area contributed by atoms with Crippen molar-refractivity contribution >= 4 is 17.4 Å². The number of carbonyl (C=O) groups excluding carboxylic acids is 2. The van der Waals surface area contributed by atoms with Gasteiger partial charge in [-0.05, 0) is 55.2 Å². The maximum absolute atomic E-state index is 13.2. The number of aliphatic hydroxyl groups is 1. The second kappa shape index (κ2) is 11.3. The van der Waals surface area contributed by atoms with Crippen LogP contribution in [-0.4, -0.2) is 59.9 Å². The molecule has 0 bridgehead atoms. The number of aliphatic hydroxyl groups excluding tert-OH is 1. The van der Waals surface area contributed by atoms with Crippen molar-refractivity contribution in [1.29, 1.82) is 0 Å². The number of hydrogen-bond donors (Lipinski definition) is 1. The van der Waals surface area contributed by atoms with Gasteiger partial charge in [-0.15, -0.1) is 0 Å². The number of likely N-dealkylation sites (tertiary alicyclic amines) is 1. The third-order valence-electron chi connectivity index (χ3n) is 6.57. The average molecular weight is 465 g/mol. The second-order valence-corrected chi connectivity index (χ2v) is 8.93. The highest BCUT2D eigenvalue weighted by Crippen LogP contribution is 2.40. The maximum Gasteiger partial charge on any atom is 0.295 e. The molecule has 1 fully saturated rings. The summed E-state index contributed by atoms with van der Waals surface area (Å²) in [5, 5.41) is 11.2. The third kappa shape index (κ3) is 5.33. The zero-order valence-electron chi connectivity index (χ0n) is 20.9. The Morgan fingerprint density at radius 2 is 1.76 bits per heavy atom. The highest BCUT2D eigenvalue weighted by atomic mass is 16.5. The molecule has 6 nitrogen and oxygen atoms in total. The van der Waals surface area contributed by atoms with E-state index in [1.165, 1.54) is 5.56 Å². The van der Waals surface area contributed by atoms with Gasteiger partial charge in [-0.25, -0.2) is 0 Å². The Kier molecular flexibility index (Phi) is 8.51. The van der Waals surface area contributed by atoms with Crippen LogP contribution in [0.25, 0.3) is 5.76 Å². The fourth-order valence-corrected chi connectivity index (χ4v) is 4.45. The Balaban J connectivity index is 2.05. The lowest BCUT2D eigenvalue weighted by Gasteiger charge is -2.27. The third-order valence-corrected chi connectivity index (χ3v) is 6.57. The first-order valence-electron chi connectivity index (χ1n) is 12.1. The summed E-state index contributed by atoms with van der Waals surface area (Å²) in [6.07, 6.45) is 0.745. The molecule has 1 aliphatic rings. The number of benzene rings is 2. The van der Waals surface area contributed by atoms with Crippen molar-refractivity contribution in [2.75, 3.05) is 33.3 Å². The lowest BCUT2D eigenvalue weighted by molar-refractivity contribution is -0.140. The lowest BCUT2D eigenvalue weighted by Crippen LogP contribution is -2.33. The molecule has 1 aliphatic heterocycles. The van der Waals surface area contributed by atoms with Crippen LogP contribution >= 0.6 is 0 Å². The van der Waals surface area contributed by atoms with E-state index in [2.05, 4.69) is 32.6 Å². The van der Waals surface area contributed by atoms with Gasteiger partial charge in [-0.2, -0.15) is 0 Å². The van der Waals surface area contributed by atoms with E-state index in [0.29, 0.717) is 23.8 Å². The first-order valence-corrected chi connectivity index (χ1v) is 12.1. The van der Waals surface area contributed by atoms with Gasteiger partial charge in [-0.1, -0.05) is 64.1 Å². The second-order valence-electron chi connectivity index (χ2n) is 8.93. The van der Waals surface area contributed by atoms with E-state index in [4.69, 9.17) is 4.74 Å². The number of carbonyl (C=O) groups is 2. The van der Waals surface area contributed by atoms with Crippen LogP contribution in [0.3, 0.4) is 0 Å². The molecule has 1 atom stereocenters. The van der Waals surface area contributed by atoms with Gasteiger partial charge in [0.2, 0.25) is 0 Å². The van der Waals surface area contributed by atoms with E-state index in [-0.39, 0.29) is 11.3 Å². The largest absolute Gasteiger partial charge is 0.507 e. The summed E-state index contributed by atoms with van der Waals surface area (Å²) < 4.78 is 5.28. The molecule has 0 aromatic heterocycles. The number of ketones is 1. The molecule has 1 saturated heterocycles. The zero-order chi connectivity index (χ0) is 24.8. The topological polar surface area (TPSA) is 70.1 Å². The van der Waals surface area contributed by atoms with E-state index >= 15 is 0 Å². The Bertz CT molecular complexity index is 1040. The fraction of sp³-hybridized carbons (Fsp3) is 0.429. The molecular weight excluding hydrogens is 428 g/mol. The molecule has 0 radical (unpaired) electrons.